The van der Waals surface area contributed by atoms with Gasteiger partial charge in [-0.3, -0.25) is 4.79 Å². The monoisotopic (exact) mass is 261 g/mol. The Bertz CT molecular complexity index is 524. The van der Waals surface area contributed by atoms with Gasteiger partial charge in [-0.05, 0) is 17.5 Å². The number of aromatic nitrogens is 1. The van der Waals surface area contributed by atoms with Crippen molar-refractivity contribution < 1.29 is 14.7 Å². The van der Waals surface area contributed by atoms with Gasteiger partial charge < -0.3 is 10.4 Å². The second-order valence-electron chi connectivity index (χ2n) is 5.15. The molecule has 0 aliphatic carbocycles. The van der Waals surface area contributed by atoms with Crippen molar-refractivity contribution in [1.29, 1.82) is 5.26 Å². The normalized spacial score (nSPS) is 12.3. The number of hydrogen-bond acceptors (Lipinski definition) is 4. The Morgan fingerprint density at radius 3 is 2.42 bits per heavy atom. The Morgan fingerprint density at radius 1 is 1.42 bits per heavy atom. The van der Waals surface area contributed by atoms with Gasteiger partial charge in [-0.25, -0.2) is 9.78 Å². The number of aliphatic carboxylic acids is 1. The smallest absolute Gasteiger partial charge is 0.326 e. The lowest BCUT2D eigenvalue weighted by atomic mass is 9.86. The van der Waals surface area contributed by atoms with Crippen molar-refractivity contribution in [3.05, 3.63) is 29.6 Å². The average Bonchev–Trinajstić information content (AvgIpc) is 2.34. The van der Waals surface area contributed by atoms with Crippen LogP contribution in [0.25, 0.3) is 0 Å². The van der Waals surface area contributed by atoms with Crippen molar-refractivity contribution in [2.45, 2.75) is 26.8 Å². The average molecular weight is 261 g/mol. The quantitative estimate of drug-likeness (QED) is 0.850. The first kappa shape index (κ1) is 14.6. The summed E-state index contributed by atoms with van der Waals surface area (Å²) < 4.78 is 0. The topological polar surface area (TPSA) is 103 Å². The van der Waals surface area contributed by atoms with Gasteiger partial charge in [0.2, 0.25) is 0 Å². The molecule has 0 saturated carbocycles. The summed E-state index contributed by atoms with van der Waals surface area (Å²) in [5, 5.41) is 20.2. The van der Waals surface area contributed by atoms with Gasteiger partial charge in [0.05, 0.1) is 5.56 Å². The molecule has 1 heterocycles. The highest BCUT2D eigenvalue weighted by molar-refractivity contribution is 5.95. The van der Waals surface area contributed by atoms with E-state index in [9.17, 15) is 9.59 Å². The molecular formula is C13H15N3O3. The van der Waals surface area contributed by atoms with Crippen LogP contribution in [0.1, 0.15) is 36.8 Å². The third-order valence-corrected chi connectivity index (χ3v) is 2.51. The lowest BCUT2D eigenvalue weighted by Crippen LogP contribution is -2.49. The predicted molar refractivity (Wildman–Crippen MR) is 67.3 cm³/mol. The molecule has 100 valence electrons. The molecule has 0 saturated heterocycles. The van der Waals surface area contributed by atoms with E-state index >= 15 is 0 Å². The molecule has 2 N–H and O–H groups in total. The van der Waals surface area contributed by atoms with Crippen molar-refractivity contribution in [1.82, 2.24) is 10.3 Å². The van der Waals surface area contributed by atoms with E-state index < -0.39 is 23.3 Å². The maximum Gasteiger partial charge on any atom is 0.326 e. The van der Waals surface area contributed by atoms with Crippen LogP contribution < -0.4 is 5.32 Å². The molecule has 0 radical (unpaired) electrons. The first-order chi connectivity index (χ1) is 8.75. The SMILES string of the molecule is CC(C)(C)[C@@H](NC(=O)c1ccc(C#N)cn1)C(=O)O. The minimum atomic E-state index is -1.10. The highest BCUT2D eigenvalue weighted by atomic mass is 16.4. The zero-order chi connectivity index (χ0) is 14.6. The fraction of sp³-hybridized carbons (Fsp3) is 0.385. The molecule has 0 aliphatic rings. The fourth-order valence-electron chi connectivity index (χ4n) is 1.45. The minimum absolute atomic E-state index is 0.0782. The van der Waals surface area contributed by atoms with E-state index in [1.807, 2.05) is 6.07 Å². The maximum absolute atomic E-state index is 11.9. The third kappa shape index (κ3) is 3.78. The summed E-state index contributed by atoms with van der Waals surface area (Å²) in [4.78, 5) is 26.8. The highest BCUT2D eigenvalue weighted by Crippen LogP contribution is 2.19. The number of pyridine rings is 1. The molecule has 1 rings (SSSR count). The van der Waals surface area contributed by atoms with Crippen molar-refractivity contribution in [2.24, 2.45) is 5.41 Å². The number of carbonyl (C=O) groups excluding carboxylic acids is 1. The van der Waals surface area contributed by atoms with E-state index in [1.54, 1.807) is 20.8 Å². The van der Waals surface area contributed by atoms with Crippen LogP contribution in [-0.4, -0.2) is 28.0 Å². The van der Waals surface area contributed by atoms with E-state index in [2.05, 4.69) is 10.3 Å². The predicted octanol–water partition coefficient (Wildman–Crippen LogP) is 1.18. The summed E-state index contributed by atoms with van der Waals surface area (Å²) in [6.45, 7) is 5.16. The molecule has 1 aromatic heterocycles. The lowest BCUT2D eigenvalue weighted by molar-refractivity contribution is -0.142. The summed E-state index contributed by atoms with van der Waals surface area (Å²) >= 11 is 0. The Balaban J connectivity index is 2.88. The van der Waals surface area contributed by atoms with E-state index in [-0.39, 0.29) is 5.69 Å². The van der Waals surface area contributed by atoms with Crippen LogP contribution in [0.4, 0.5) is 0 Å². The number of carboxylic acids is 1. The van der Waals surface area contributed by atoms with E-state index in [0.29, 0.717) is 5.56 Å². The van der Waals surface area contributed by atoms with Crippen LogP contribution in [-0.2, 0) is 4.79 Å². The second-order valence-corrected chi connectivity index (χ2v) is 5.15. The zero-order valence-electron chi connectivity index (χ0n) is 11.0. The molecule has 1 aromatic rings. The van der Waals surface area contributed by atoms with Crippen molar-refractivity contribution in [3.63, 3.8) is 0 Å². The van der Waals surface area contributed by atoms with Gasteiger partial charge in [-0.2, -0.15) is 5.26 Å². The Labute approximate surface area is 111 Å². The number of nitrogens with zero attached hydrogens (tertiary/aromatic N) is 2. The molecule has 1 amide bonds. The van der Waals surface area contributed by atoms with Crippen LogP contribution in [0, 0.1) is 16.7 Å². The molecule has 6 nitrogen and oxygen atoms in total. The first-order valence-corrected chi connectivity index (χ1v) is 5.65. The molecule has 1 atom stereocenters. The second kappa shape index (κ2) is 5.48. The third-order valence-electron chi connectivity index (χ3n) is 2.51. The van der Waals surface area contributed by atoms with Gasteiger partial charge in [-0.15, -0.1) is 0 Å². The number of carbonyl (C=O) groups is 2. The van der Waals surface area contributed by atoms with Crippen LogP contribution >= 0.6 is 0 Å². The molecule has 0 bridgehead atoms. The molecule has 0 aromatic carbocycles. The van der Waals surface area contributed by atoms with Crippen LogP contribution in [0.3, 0.4) is 0 Å². The highest BCUT2D eigenvalue weighted by Gasteiger charge is 2.32. The van der Waals surface area contributed by atoms with E-state index in [1.165, 1.54) is 18.3 Å². The molecule has 0 unspecified atom stereocenters. The zero-order valence-corrected chi connectivity index (χ0v) is 11.0. The minimum Gasteiger partial charge on any atom is -0.480 e. The summed E-state index contributed by atoms with van der Waals surface area (Å²) in [6, 6.07) is 3.71. The summed E-state index contributed by atoms with van der Waals surface area (Å²) in [5.41, 5.74) is -0.203. The summed E-state index contributed by atoms with van der Waals surface area (Å²) in [5.74, 6) is -1.68. The standard InChI is InChI=1S/C13H15N3O3/c1-13(2,3)10(12(18)19)16-11(17)9-5-4-8(6-14)7-15-9/h4-5,7,10H,1-3H3,(H,16,17)(H,18,19)/t10-/m0/s1. The van der Waals surface area contributed by atoms with Crippen molar-refractivity contribution in [2.75, 3.05) is 0 Å². The summed E-state index contributed by atoms with van der Waals surface area (Å²) in [7, 11) is 0. The largest absolute Gasteiger partial charge is 0.480 e. The Morgan fingerprint density at radius 2 is 2.05 bits per heavy atom. The van der Waals surface area contributed by atoms with Crippen LogP contribution in [0.5, 0.6) is 0 Å². The lowest BCUT2D eigenvalue weighted by Gasteiger charge is -2.27. The van der Waals surface area contributed by atoms with Gasteiger partial charge in [-0.1, -0.05) is 20.8 Å². The molecule has 6 heteroatoms. The van der Waals surface area contributed by atoms with E-state index in [0.717, 1.165) is 0 Å². The maximum atomic E-state index is 11.9. The van der Waals surface area contributed by atoms with Gasteiger partial charge in [0.15, 0.2) is 0 Å². The number of hydrogen-bond donors (Lipinski definition) is 2. The number of amides is 1. The first-order valence-electron chi connectivity index (χ1n) is 5.65. The Hall–Kier alpha value is -2.42. The number of nitriles is 1. The number of rotatable bonds is 3. The summed E-state index contributed by atoms with van der Waals surface area (Å²) in [6.07, 6.45) is 1.27. The van der Waals surface area contributed by atoms with Gasteiger partial charge in [0.25, 0.3) is 5.91 Å². The van der Waals surface area contributed by atoms with E-state index in [4.69, 9.17) is 10.4 Å². The van der Waals surface area contributed by atoms with Crippen LogP contribution in [0.15, 0.2) is 18.3 Å². The number of nitrogens with one attached hydrogen (secondary N) is 1. The van der Waals surface area contributed by atoms with Gasteiger partial charge in [0, 0.05) is 6.20 Å². The van der Waals surface area contributed by atoms with Gasteiger partial charge >= 0.3 is 5.97 Å². The van der Waals surface area contributed by atoms with Gasteiger partial charge in [0.1, 0.15) is 17.8 Å². The van der Waals surface area contributed by atoms with Crippen molar-refractivity contribution in [3.8, 4) is 6.07 Å². The van der Waals surface area contributed by atoms with Crippen molar-refractivity contribution >= 4 is 11.9 Å². The van der Waals surface area contributed by atoms with Crippen LogP contribution in [0.2, 0.25) is 0 Å². The fourth-order valence-corrected chi connectivity index (χ4v) is 1.45. The molecule has 19 heavy (non-hydrogen) atoms. The number of carboxylic acid groups (broad SMARTS) is 1. The molecule has 0 spiro atoms. The molecular weight excluding hydrogens is 246 g/mol. The molecule has 0 fully saturated rings. The Kier molecular flexibility index (Phi) is 4.22. The molecule has 0 aliphatic heterocycles.